The van der Waals surface area contributed by atoms with Crippen molar-refractivity contribution < 1.29 is 20.1 Å². The maximum absolute atomic E-state index is 13.4. The first kappa shape index (κ1) is 24.7. The Kier molecular flexibility index (Phi) is 7.87. The standard InChI is InChI=1S/C27H44O4/c1-18(7-5-13-26(2,3)31)23-11-12-24-22(8-6-14-27(23,24)4)25(30)16-20-15-21(29)10-9-19(20)17-28/h16,18-19,21,23,28-29,31H,5-15,17H2,1-4H3/t18-,19-,21+,23-,27-/m1/s1. The molecule has 0 unspecified atom stereocenters. The lowest BCUT2D eigenvalue weighted by Gasteiger charge is -2.40. The molecule has 0 aromatic heterocycles. The first-order valence-electron chi connectivity index (χ1n) is 12.5. The zero-order chi connectivity index (χ0) is 22.8. The molecule has 4 nitrogen and oxygen atoms in total. The molecule has 3 rings (SSSR count). The van der Waals surface area contributed by atoms with Gasteiger partial charge in [0.25, 0.3) is 0 Å². The fourth-order valence-corrected chi connectivity index (χ4v) is 6.75. The minimum Gasteiger partial charge on any atom is -0.396 e. The van der Waals surface area contributed by atoms with Crippen LogP contribution in [-0.2, 0) is 4.79 Å². The van der Waals surface area contributed by atoms with Crippen molar-refractivity contribution >= 4 is 5.78 Å². The highest BCUT2D eigenvalue weighted by Crippen LogP contribution is 2.58. The van der Waals surface area contributed by atoms with Gasteiger partial charge in [-0.15, -0.1) is 0 Å². The van der Waals surface area contributed by atoms with Crippen molar-refractivity contribution in [3.05, 3.63) is 22.8 Å². The summed E-state index contributed by atoms with van der Waals surface area (Å²) in [4.78, 5) is 13.4. The Morgan fingerprint density at radius 1 is 1.26 bits per heavy atom. The summed E-state index contributed by atoms with van der Waals surface area (Å²) in [5, 5.41) is 29.8. The molecular formula is C27H44O4. The first-order chi connectivity index (χ1) is 14.5. The highest BCUT2D eigenvalue weighted by Gasteiger charge is 2.47. The molecule has 0 aliphatic heterocycles. The molecule has 0 amide bonds. The summed E-state index contributed by atoms with van der Waals surface area (Å²) < 4.78 is 0. The Bertz CT molecular complexity index is 713. The molecule has 3 aliphatic carbocycles. The largest absolute Gasteiger partial charge is 0.396 e. The zero-order valence-electron chi connectivity index (χ0n) is 20.1. The van der Waals surface area contributed by atoms with E-state index in [0.717, 1.165) is 68.9 Å². The second-order valence-electron chi connectivity index (χ2n) is 11.5. The van der Waals surface area contributed by atoms with Crippen LogP contribution in [0.1, 0.15) is 98.3 Å². The van der Waals surface area contributed by atoms with E-state index in [1.165, 1.54) is 5.57 Å². The Labute approximate surface area is 188 Å². The summed E-state index contributed by atoms with van der Waals surface area (Å²) in [6, 6.07) is 0. The number of carbonyl (C=O) groups excluding carboxylic acids is 1. The van der Waals surface area contributed by atoms with Gasteiger partial charge in [0.2, 0.25) is 0 Å². The van der Waals surface area contributed by atoms with Gasteiger partial charge >= 0.3 is 0 Å². The molecule has 3 aliphatic rings. The van der Waals surface area contributed by atoms with Gasteiger partial charge in [0.05, 0.1) is 11.7 Å². The summed E-state index contributed by atoms with van der Waals surface area (Å²) in [6.45, 7) is 8.56. The molecule has 0 bridgehead atoms. The average Bonchev–Trinajstić information content (AvgIpc) is 3.04. The summed E-state index contributed by atoms with van der Waals surface area (Å²) in [5.74, 6) is 1.32. The van der Waals surface area contributed by atoms with Gasteiger partial charge in [-0.3, -0.25) is 4.79 Å². The summed E-state index contributed by atoms with van der Waals surface area (Å²) in [6.07, 6.45) is 11.6. The summed E-state index contributed by atoms with van der Waals surface area (Å²) in [5.41, 5.74) is 2.85. The van der Waals surface area contributed by atoms with Crippen LogP contribution in [0, 0.1) is 23.2 Å². The molecule has 2 saturated carbocycles. The van der Waals surface area contributed by atoms with Crippen molar-refractivity contribution in [2.45, 2.75) is 110 Å². The molecule has 0 aromatic carbocycles. The van der Waals surface area contributed by atoms with E-state index in [0.29, 0.717) is 24.7 Å². The van der Waals surface area contributed by atoms with Gasteiger partial charge < -0.3 is 15.3 Å². The lowest BCUT2D eigenvalue weighted by molar-refractivity contribution is -0.111. The molecule has 31 heavy (non-hydrogen) atoms. The fraction of sp³-hybridized carbons (Fsp3) is 0.815. The smallest absolute Gasteiger partial charge is 0.181 e. The van der Waals surface area contributed by atoms with E-state index >= 15 is 0 Å². The Morgan fingerprint density at radius 3 is 2.68 bits per heavy atom. The number of aliphatic hydroxyl groups is 3. The molecule has 3 N–H and O–H groups in total. The van der Waals surface area contributed by atoms with Crippen LogP contribution >= 0.6 is 0 Å². The zero-order valence-corrected chi connectivity index (χ0v) is 20.1. The van der Waals surface area contributed by atoms with Crippen molar-refractivity contribution in [1.29, 1.82) is 0 Å². The SMILES string of the molecule is C[C@H](CCCC(C)(C)O)[C@H]1CCC2=C(C(=O)C=C3C[C@@H](O)CC[C@@H]3CO)CCC[C@@]21C. The summed E-state index contributed by atoms with van der Waals surface area (Å²) in [7, 11) is 0. The Morgan fingerprint density at radius 2 is 2.00 bits per heavy atom. The quantitative estimate of drug-likeness (QED) is 0.466. The minimum absolute atomic E-state index is 0.0139. The van der Waals surface area contributed by atoms with Crippen LogP contribution in [0.3, 0.4) is 0 Å². The molecule has 2 fully saturated rings. The number of fused-ring (bicyclic) bond motifs is 1. The predicted octanol–water partition coefficient (Wildman–Crippen LogP) is 5.11. The average molecular weight is 433 g/mol. The van der Waals surface area contributed by atoms with Gasteiger partial charge in [-0.2, -0.15) is 0 Å². The first-order valence-corrected chi connectivity index (χ1v) is 12.5. The highest BCUT2D eigenvalue weighted by molar-refractivity contribution is 6.05. The van der Waals surface area contributed by atoms with Crippen molar-refractivity contribution in [2.24, 2.45) is 23.2 Å². The van der Waals surface area contributed by atoms with Crippen molar-refractivity contribution in [3.63, 3.8) is 0 Å². The molecule has 0 radical (unpaired) electrons. The van der Waals surface area contributed by atoms with Gasteiger partial charge in [-0.25, -0.2) is 0 Å². The van der Waals surface area contributed by atoms with Crippen LogP contribution in [-0.4, -0.2) is 39.4 Å². The number of allylic oxidation sites excluding steroid dienone is 3. The Hall–Kier alpha value is -0.970. The van der Waals surface area contributed by atoms with Crippen LogP contribution in [0.15, 0.2) is 22.8 Å². The van der Waals surface area contributed by atoms with Crippen molar-refractivity contribution in [2.75, 3.05) is 6.61 Å². The van der Waals surface area contributed by atoms with Crippen LogP contribution in [0.4, 0.5) is 0 Å². The maximum atomic E-state index is 13.4. The second kappa shape index (κ2) is 9.89. The maximum Gasteiger partial charge on any atom is 0.181 e. The molecule has 0 spiro atoms. The number of ketones is 1. The number of hydrogen-bond donors (Lipinski definition) is 3. The van der Waals surface area contributed by atoms with E-state index in [1.54, 1.807) is 6.08 Å². The number of carbonyl (C=O) groups is 1. The Balaban J connectivity index is 1.77. The molecule has 5 atom stereocenters. The van der Waals surface area contributed by atoms with E-state index in [2.05, 4.69) is 13.8 Å². The predicted molar refractivity (Wildman–Crippen MR) is 125 cm³/mol. The monoisotopic (exact) mass is 432 g/mol. The minimum atomic E-state index is -0.596. The highest BCUT2D eigenvalue weighted by atomic mass is 16.3. The second-order valence-corrected chi connectivity index (χ2v) is 11.5. The van der Waals surface area contributed by atoms with Crippen LogP contribution in [0.2, 0.25) is 0 Å². The number of aliphatic hydroxyl groups excluding tert-OH is 2. The molecule has 0 saturated heterocycles. The van der Waals surface area contributed by atoms with Gasteiger partial charge in [0, 0.05) is 12.5 Å². The normalized spacial score (nSPS) is 34.2. The van der Waals surface area contributed by atoms with Gasteiger partial charge in [0.15, 0.2) is 5.78 Å². The van der Waals surface area contributed by atoms with E-state index in [4.69, 9.17) is 0 Å². The third-order valence-electron chi connectivity index (χ3n) is 8.51. The van der Waals surface area contributed by atoms with Crippen LogP contribution in [0.5, 0.6) is 0 Å². The molecule has 0 aromatic rings. The lowest BCUT2D eigenvalue weighted by Crippen LogP contribution is -2.32. The van der Waals surface area contributed by atoms with E-state index in [-0.39, 0.29) is 23.7 Å². The van der Waals surface area contributed by atoms with E-state index in [9.17, 15) is 20.1 Å². The van der Waals surface area contributed by atoms with E-state index < -0.39 is 11.7 Å². The van der Waals surface area contributed by atoms with Crippen molar-refractivity contribution in [3.8, 4) is 0 Å². The van der Waals surface area contributed by atoms with Gasteiger partial charge in [-0.05, 0) is 101 Å². The fourth-order valence-electron chi connectivity index (χ4n) is 6.75. The van der Waals surface area contributed by atoms with Crippen molar-refractivity contribution in [1.82, 2.24) is 0 Å². The van der Waals surface area contributed by atoms with Gasteiger partial charge in [0.1, 0.15) is 0 Å². The lowest BCUT2D eigenvalue weighted by atomic mass is 9.64. The van der Waals surface area contributed by atoms with E-state index in [1.807, 2.05) is 13.8 Å². The van der Waals surface area contributed by atoms with Crippen LogP contribution < -0.4 is 0 Å². The third-order valence-corrected chi connectivity index (χ3v) is 8.51. The summed E-state index contributed by atoms with van der Waals surface area (Å²) >= 11 is 0. The number of rotatable bonds is 8. The van der Waals surface area contributed by atoms with Crippen LogP contribution in [0.25, 0.3) is 0 Å². The molecule has 176 valence electrons. The topological polar surface area (TPSA) is 77.8 Å². The molecular weight excluding hydrogens is 388 g/mol. The molecule has 4 heteroatoms. The number of hydrogen-bond acceptors (Lipinski definition) is 4. The van der Waals surface area contributed by atoms with Gasteiger partial charge in [-0.1, -0.05) is 37.8 Å². The molecule has 0 heterocycles. The third kappa shape index (κ3) is 5.69.